The molecule has 4 rings (SSSR count). The van der Waals surface area contributed by atoms with Crippen LogP contribution >= 0.6 is 0 Å². The number of amides is 5. The second kappa shape index (κ2) is 8.33. The molecule has 2 fully saturated rings. The number of fused-ring (bicyclic) bond motifs is 1. The zero-order valence-corrected chi connectivity index (χ0v) is 16.9. The second-order valence-corrected chi connectivity index (χ2v) is 8.18. The van der Waals surface area contributed by atoms with Gasteiger partial charge in [0, 0.05) is 25.2 Å². The summed E-state index contributed by atoms with van der Waals surface area (Å²) in [6, 6.07) is 7.55. The van der Waals surface area contributed by atoms with Crippen molar-refractivity contribution in [3.63, 3.8) is 0 Å². The fourth-order valence-electron chi connectivity index (χ4n) is 4.60. The Morgan fingerprint density at radius 3 is 2.57 bits per heavy atom. The molecule has 30 heavy (non-hydrogen) atoms. The van der Waals surface area contributed by atoms with Gasteiger partial charge in [-0.15, -0.1) is 0 Å². The molecule has 0 bridgehead atoms. The minimum atomic E-state index is -0.771. The highest BCUT2D eigenvalue weighted by Gasteiger charge is 2.52. The number of carbonyl (C=O) groups is 4. The van der Waals surface area contributed by atoms with Gasteiger partial charge in [-0.05, 0) is 37.3 Å². The van der Waals surface area contributed by atoms with Gasteiger partial charge >= 0.3 is 6.03 Å². The third kappa shape index (κ3) is 3.96. The molecule has 9 nitrogen and oxygen atoms in total. The summed E-state index contributed by atoms with van der Waals surface area (Å²) >= 11 is 0. The summed E-state index contributed by atoms with van der Waals surface area (Å²) < 4.78 is 0. The van der Waals surface area contributed by atoms with Crippen LogP contribution in [0.15, 0.2) is 24.3 Å². The summed E-state index contributed by atoms with van der Waals surface area (Å²) in [5, 5.41) is 2.79. The first-order valence-corrected chi connectivity index (χ1v) is 10.5. The van der Waals surface area contributed by atoms with Gasteiger partial charge in [0.25, 0.3) is 11.8 Å². The zero-order valence-electron chi connectivity index (χ0n) is 16.9. The van der Waals surface area contributed by atoms with E-state index in [9.17, 15) is 19.2 Å². The first-order valence-electron chi connectivity index (χ1n) is 10.5. The average Bonchev–Trinajstić information content (AvgIpc) is 3.30. The Kier molecular flexibility index (Phi) is 5.61. The summed E-state index contributed by atoms with van der Waals surface area (Å²) in [7, 11) is 0. The predicted molar refractivity (Wildman–Crippen MR) is 109 cm³/mol. The molecule has 2 aliphatic heterocycles. The lowest BCUT2D eigenvalue weighted by atomic mass is 9.98. The van der Waals surface area contributed by atoms with Crippen LogP contribution < -0.4 is 21.1 Å². The van der Waals surface area contributed by atoms with Crippen molar-refractivity contribution in [1.82, 2.24) is 21.1 Å². The van der Waals surface area contributed by atoms with E-state index in [0.717, 1.165) is 42.8 Å². The molecule has 5 amide bonds. The molecule has 1 aromatic carbocycles. The highest BCUT2D eigenvalue weighted by molar-refractivity contribution is 6.07. The molecule has 0 aromatic heterocycles. The van der Waals surface area contributed by atoms with E-state index in [4.69, 9.17) is 0 Å². The van der Waals surface area contributed by atoms with Crippen LogP contribution in [0, 0.1) is 0 Å². The van der Waals surface area contributed by atoms with Crippen molar-refractivity contribution in [2.24, 2.45) is 0 Å². The number of carbonyl (C=O) groups excluding carboxylic acids is 4. The highest BCUT2D eigenvalue weighted by Crippen LogP contribution is 2.35. The lowest BCUT2D eigenvalue weighted by Crippen LogP contribution is -2.48. The summed E-state index contributed by atoms with van der Waals surface area (Å²) in [4.78, 5) is 52.2. The number of nitrogens with zero attached hydrogens (tertiary/aromatic N) is 2. The normalized spacial score (nSPS) is 19.6. The number of benzene rings is 1. The van der Waals surface area contributed by atoms with E-state index in [0.29, 0.717) is 12.8 Å². The van der Waals surface area contributed by atoms with Gasteiger partial charge in [0.05, 0.1) is 6.54 Å². The summed E-state index contributed by atoms with van der Waals surface area (Å²) in [6.07, 6.45) is 5.02. The standard InChI is InChI=1S/C21H27N5O4/c27-17(9-13-26-19(29)21(22-20(26)30)10-3-4-11-21)23-24-18(28)14-25-12-5-7-15-6-1-2-8-16(15)25/h1-2,6,8H,3-5,7,9-14H2,(H,22,30)(H,23,27)(H,24,28). The molecular weight excluding hydrogens is 386 g/mol. The number of hydrogen-bond donors (Lipinski definition) is 3. The predicted octanol–water partition coefficient (Wildman–Crippen LogP) is 0.841. The lowest BCUT2D eigenvalue weighted by Gasteiger charge is -2.30. The molecule has 1 aliphatic carbocycles. The van der Waals surface area contributed by atoms with Crippen LogP contribution in [0.2, 0.25) is 0 Å². The minimum Gasteiger partial charge on any atom is -0.362 e. The highest BCUT2D eigenvalue weighted by atomic mass is 16.2. The van der Waals surface area contributed by atoms with E-state index in [1.165, 1.54) is 5.56 Å². The molecule has 1 saturated carbocycles. The van der Waals surface area contributed by atoms with E-state index >= 15 is 0 Å². The quantitative estimate of drug-likeness (QED) is 0.489. The first-order chi connectivity index (χ1) is 14.5. The SMILES string of the molecule is O=C(CCN1C(=O)NC2(CCCC2)C1=O)NNC(=O)CN1CCCc2ccccc21. The van der Waals surface area contributed by atoms with E-state index in [1.807, 2.05) is 23.1 Å². The van der Waals surface area contributed by atoms with Gasteiger partial charge in [-0.3, -0.25) is 30.1 Å². The zero-order chi connectivity index (χ0) is 21.1. The fourth-order valence-corrected chi connectivity index (χ4v) is 4.60. The lowest BCUT2D eigenvalue weighted by molar-refractivity contribution is -0.132. The number of hydrogen-bond acceptors (Lipinski definition) is 5. The Morgan fingerprint density at radius 2 is 1.77 bits per heavy atom. The van der Waals surface area contributed by atoms with Crippen LogP contribution in [0.4, 0.5) is 10.5 Å². The molecule has 160 valence electrons. The molecule has 0 atom stereocenters. The summed E-state index contributed by atoms with van der Waals surface area (Å²) in [5.41, 5.74) is 6.29. The molecule has 9 heteroatoms. The fraction of sp³-hybridized carbons (Fsp3) is 0.524. The van der Waals surface area contributed by atoms with Crippen LogP contribution in [0.1, 0.15) is 44.1 Å². The van der Waals surface area contributed by atoms with Gasteiger partial charge in [0.1, 0.15) is 5.54 Å². The van der Waals surface area contributed by atoms with Gasteiger partial charge in [-0.25, -0.2) is 4.79 Å². The van der Waals surface area contributed by atoms with Crippen molar-refractivity contribution < 1.29 is 19.2 Å². The van der Waals surface area contributed by atoms with Crippen LogP contribution in [-0.4, -0.2) is 53.8 Å². The average molecular weight is 413 g/mol. The molecule has 0 unspecified atom stereocenters. The Balaban J connectivity index is 1.22. The first kappa shape index (κ1) is 20.2. The van der Waals surface area contributed by atoms with Crippen molar-refractivity contribution in [3.8, 4) is 0 Å². The molecule has 1 spiro atoms. The van der Waals surface area contributed by atoms with Gasteiger partial charge < -0.3 is 10.2 Å². The van der Waals surface area contributed by atoms with E-state index in [1.54, 1.807) is 0 Å². The third-order valence-corrected chi connectivity index (χ3v) is 6.15. The van der Waals surface area contributed by atoms with Crippen LogP contribution in [0.25, 0.3) is 0 Å². The van der Waals surface area contributed by atoms with Crippen molar-refractivity contribution in [1.29, 1.82) is 0 Å². The Hall–Kier alpha value is -3.10. The topological polar surface area (TPSA) is 111 Å². The molecule has 1 aromatic rings. The number of imide groups is 1. The van der Waals surface area contributed by atoms with Crippen molar-refractivity contribution in [3.05, 3.63) is 29.8 Å². The largest absolute Gasteiger partial charge is 0.362 e. The molecule has 1 saturated heterocycles. The number of hydrazine groups is 1. The maximum Gasteiger partial charge on any atom is 0.325 e. The van der Waals surface area contributed by atoms with E-state index in [2.05, 4.69) is 22.2 Å². The van der Waals surface area contributed by atoms with Crippen LogP contribution in [0.3, 0.4) is 0 Å². The number of rotatable bonds is 5. The summed E-state index contributed by atoms with van der Waals surface area (Å²) in [6.45, 7) is 0.923. The number of anilines is 1. The van der Waals surface area contributed by atoms with Gasteiger partial charge in [0.2, 0.25) is 5.91 Å². The molecular formula is C21H27N5O4. The molecule has 3 aliphatic rings. The van der Waals surface area contributed by atoms with E-state index < -0.39 is 17.5 Å². The maximum absolute atomic E-state index is 12.6. The number of urea groups is 1. The van der Waals surface area contributed by atoms with Gasteiger partial charge in [-0.2, -0.15) is 0 Å². The van der Waals surface area contributed by atoms with Crippen LogP contribution in [0.5, 0.6) is 0 Å². The smallest absolute Gasteiger partial charge is 0.325 e. The minimum absolute atomic E-state index is 0.00633. The number of para-hydroxylation sites is 1. The van der Waals surface area contributed by atoms with Gasteiger partial charge in [0.15, 0.2) is 0 Å². The maximum atomic E-state index is 12.6. The monoisotopic (exact) mass is 413 g/mol. The van der Waals surface area contributed by atoms with Gasteiger partial charge in [-0.1, -0.05) is 31.0 Å². The van der Waals surface area contributed by atoms with Crippen molar-refractivity contribution in [2.75, 3.05) is 24.5 Å². The van der Waals surface area contributed by atoms with Crippen molar-refractivity contribution >= 4 is 29.4 Å². The number of aryl methyl sites for hydroxylation is 1. The molecule has 0 radical (unpaired) electrons. The van der Waals surface area contributed by atoms with Crippen molar-refractivity contribution in [2.45, 2.75) is 50.5 Å². The Bertz CT molecular complexity index is 865. The third-order valence-electron chi connectivity index (χ3n) is 6.15. The van der Waals surface area contributed by atoms with E-state index in [-0.39, 0.29) is 31.3 Å². The Morgan fingerprint density at radius 1 is 1.03 bits per heavy atom. The summed E-state index contributed by atoms with van der Waals surface area (Å²) in [5.74, 6) is -1.01. The molecule has 3 N–H and O–H groups in total. The van der Waals surface area contributed by atoms with Crippen LogP contribution in [-0.2, 0) is 20.8 Å². The molecule has 2 heterocycles. The second-order valence-electron chi connectivity index (χ2n) is 8.18. The Labute approximate surface area is 175 Å². The number of nitrogens with one attached hydrogen (secondary N) is 3.